The van der Waals surface area contributed by atoms with Crippen molar-refractivity contribution in [2.24, 2.45) is 0 Å². The number of methoxy groups -OCH3 is 2. The molecule has 0 saturated heterocycles. The number of aromatic hydroxyl groups is 1. The van der Waals surface area contributed by atoms with Crippen LogP contribution in [0.3, 0.4) is 0 Å². The van der Waals surface area contributed by atoms with Gasteiger partial charge in [0.1, 0.15) is 17.5 Å². The summed E-state index contributed by atoms with van der Waals surface area (Å²) in [5.41, 5.74) is 1.34. The molecule has 0 bridgehead atoms. The van der Waals surface area contributed by atoms with Gasteiger partial charge >= 0.3 is 5.97 Å². The second-order valence-electron chi connectivity index (χ2n) is 4.85. The van der Waals surface area contributed by atoms with Gasteiger partial charge in [-0.05, 0) is 29.8 Å². The average molecular weight is 336 g/mol. The molecule has 2 N–H and O–H groups in total. The summed E-state index contributed by atoms with van der Waals surface area (Å²) >= 11 is 6.20. The van der Waals surface area contributed by atoms with Crippen molar-refractivity contribution in [1.82, 2.24) is 5.32 Å². The molecule has 0 spiro atoms. The van der Waals surface area contributed by atoms with E-state index in [1.807, 2.05) is 0 Å². The highest BCUT2D eigenvalue weighted by molar-refractivity contribution is 6.31. The van der Waals surface area contributed by atoms with E-state index in [0.29, 0.717) is 22.9 Å². The molecule has 0 aliphatic rings. The molecule has 122 valence electrons. The molecular formula is C17H18ClNO4. The first-order valence-corrected chi connectivity index (χ1v) is 7.36. The second kappa shape index (κ2) is 7.85. The summed E-state index contributed by atoms with van der Waals surface area (Å²) in [6, 6.07) is 11.1. The van der Waals surface area contributed by atoms with Gasteiger partial charge in [-0.1, -0.05) is 29.8 Å². The number of halogens is 1. The number of hydrogen-bond donors (Lipinski definition) is 2. The fraction of sp³-hybridized carbons (Fsp3) is 0.235. The predicted molar refractivity (Wildman–Crippen MR) is 87.7 cm³/mol. The van der Waals surface area contributed by atoms with Crippen molar-refractivity contribution >= 4 is 17.6 Å². The fourth-order valence-corrected chi connectivity index (χ4v) is 2.50. The molecule has 2 aromatic rings. The summed E-state index contributed by atoms with van der Waals surface area (Å²) in [5.74, 6) is 0.250. The normalized spacial score (nSPS) is 11.8. The number of hydrogen-bond acceptors (Lipinski definition) is 5. The zero-order chi connectivity index (χ0) is 16.8. The standard InChI is InChI=1S/C17H18ClNO4/c1-22-15-8-4-7-14(18)13(15)10-19-16(17(21)23-2)11-5-3-6-12(20)9-11/h3-9,16,19-20H,10H2,1-2H3. The van der Waals surface area contributed by atoms with E-state index in [-0.39, 0.29) is 5.75 Å². The van der Waals surface area contributed by atoms with Crippen LogP contribution in [-0.2, 0) is 16.1 Å². The number of esters is 1. The van der Waals surface area contributed by atoms with Crippen LogP contribution in [0.5, 0.6) is 11.5 Å². The van der Waals surface area contributed by atoms with Crippen LogP contribution in [0, 0.1) is 0 Å². The van der Waals surface area contributed by atoms with Crippen LogP contribution in [0.1, 0.15) is 17.2 Å². The number of ether oxygens (including phenoxy) is 2. The topological polar surface area (TPSA) is 67.8 Å². The van der Waals surface area contributed by atoms with Crippen LogP contribution in [0.2, 0.25) is 5.02 Å². The van der Waals surface area contributed by atoms with Crippen LogP contribution in [-0.4, -0.2) is 25.3 Å². The fourth-order valence-electron chi connectivity index (χ4n) is 2.27. The molecule has 0 aliphatic carbocycles. The lowest BCUT2D eigenvalue weighted by atomic mass is 10.1. The van der Waals surface area contributed by atoms with Crippen molar-refractivity contribution in [1.29, 1.82) is 0 Å². The van der Waals surface area contributed by atoms with E-state index >= 15 is 0 Å². The minimum Gasteiger partial charge on any atom is -0.508 e. The Morgan fingerprint density at radius 2 is 2.00 bits per heavy atom. The number of carbonyl (C=O) groups is 1. The van der Waals surface area contributed by atoms with Gasteiger partial charge in [0.2, 0.25) is 0 Å². The Morgan fingerprint density at radius 1 is 1.26 bits per heavy atom. The SMILES string of the molecule is COC(=O)C(NCc1c(Cl)cccc1OC)c1cccc(O)c1. The molecule has 0 heterocycles. The van der Waals surface area contributed by atoms with E-state index < -0.39 is 12.0 Å². The molecule has 23 heavy (non-hydrogen) atoms. The van der Waals surface area contributed by atoms with Crippen molar-refractivity contribution in [3.8, 4) is 11.5 Å². The zero-order valence-electron chi connectivity index (χ0n) is 12.9. The monoisotopic (exact) mass is 335 g/mol. The molecule has 1 unspecified atom stereocenters. The van der Waals surface area contributed by atoms with Crippen LogP contribution in [0.15, 0.2) is 42.5 Å². The second-order valence-corrected chi connectivity index (χ2v) is 5.26. The van der Waals surface area contributed by atoms with Gasteiger partial charge in [0.15, 0.2) is 0 Å². The van der Waals surface area contributed by atoms with Gasteiger partial charge < -0.3 is 14.6 Å². The third-order valence-electron chi connectivity index (χ3n) is 3.42. The molecule has 0 radical (unpaired) electrons. The lowest BCUT2D eigenvalue weighted by molar-refractivity contribution is -0.143. The van der Waals surface area contributed by atoms with Gasteiger partial charge in [0.05, 0.1) is 14.2 Å². The largest absolute Gasteiger partial charge is 0.508 e. The van der Waals surface area contributed by atoms with Crippen molar-refractivity contribution in [2.45, 2.75) is 12.6 Å². The van der Waals surface area contributed by atoms with Crippen LogP contribution < -0.4 is 10.1 Å². The molecule has 2 aromatic carbocycles. The third-order valence-corrected chi connectivity index (χ3v) is 3.77. The minimum atomic E-state index is -0.729. The molecule has 0 saturated carbocycles. The van der Waals surface area contributed by atoms with Crippen molar-refractivity contribution < 1.29 is 19.4 Å². The maximum atomic E-state index is 12.1. The zero-order valence-corrected chi connectivity index (χ0v) is 13.6. The Morgan fingerprint density at radius 3 is 2.65 bits per heavy atom. The maximum Gasteiger partial charge on any atom is 0.327 e. The average Bonchev–Trinajstić information content (AvgIpc) is 2.55. The highest BCUT2D eigenvalue weighted by Gasteiger charge is 2.22. The van der Waals surface area contributed by atoms with E-state index in [0.717, 1.165) is 5.56 Å². The van der Waals surface area contributed by atoms with E-state index in [1.54, 1.807) is 37.4 Å². The predicted octanol–water partition coefficient (Wildman–Crippen LogP) is 3.06. The summed E-state index contributed by atoms with van der Waals surface area (Å²) in [7, 11) is 2.87. The summed E-state index contributed by atoms with van der Waals surface area (Å²) in [4.78, 5) is 12.1. The first kappa shape index (κ1) is 17.1. The van der Waals surface area contributed by atoms with Gasteiger partial charge in [0.25, 0.3) is 0 Å². The number of phenolic OH excluding ortho intramolecular Hbond substituents is 1. The van der Waals surface area contributed by atoms with Gasteiger partial charge in [-0.25, -0.2) is 4.79 Å². The molecule has 0 amide bonds. The number of rotatable bonds is 6. The van der Waals surface area contributed by atoms with Gasteiger partial charge in [-0.15, -0.1) is 0 Å². The van der Waals surface area contributed by atoms with Crippen molar-refractivity contribution in [3.05, 3.63) is 58.6 Å². The first-order valence-electron chi connectivity index (χ1n) is 6.98. The molecule has 0 fully saturated rings. The molecule has 6 heteroatoms. The highest BCUT2D eigenvalue weighted by atomic mass is 35.5. The Bertz CT molecular complexity index is 690. The number of benzene rings is 2. The Balaban J connectivity index is 2.25. The summed E-state index contributed by atoms with van der Waals surface area (Å²) in [6.45, 7) is 0.304. The first-order chi connectivity index (χ1) is 11.1. The minimum absolute atomic E-state index is 0.0773. The van der Waals surface area contributed by atoms with Crippen LogP contribution in [0.4, 0.5) is 0 Å². The maximum absolute atomic E-state index is 12.1. The van der Waals surface area contributed by atoms with Crippen LogP contribution in [0.25, 0.3) is 0 Å². The number of phenols is 1. The Labute approximate surface area is 139 Å². The van der Waals surface area contributed by atoms with Gasteiger partial charge in [-0.2, -0.15) is 0 Å². The molecular weight excluding hydrogens is 318 g/mol. The quantitative estimate of drug-likeness (QED) is 0.794. The number of nitrogens with one attached hydrogen (secondary N) is 1. The van der Waals surface area contributed by atoms with Crippen molar-refractivity contribution in [3.63, 3.8) is 0 Å². The van der Waals surface area contributed by atoms with Gasteiger partial charge in [0, 0.05) is 17.1 Å². The lowest BCUT2D eigenvalue weighted by Crippen LogP contribution is -2.29. The van der Waals surface area contributed by atoms with E-state index in [4.69, 9.17) is 21.1 Å². The van der Waals surface area contributed by atoms with E-state index in [9.17, 15) is 9.90 Å². The highest BCUT2D eigenvalue weighted by Crippen LogP contribution is 2.27. The third kappa shape index (κ3) is 4.15. The molecule has 0 aliphatic heterocycles. The van der Waals surface area contributed by atoms with Gasteiger partial charge in [-0.3, -0.25) is 5.32 Å². The molecule has 1 atom stereocenters. The van der Waals surface area contributed by atoms with Crippen LogP contribution >= 0.6 is 11.6 Å². The molecule has 5 nitrogen and oxygen atoms in total. The molecule has 2 rings (SSSR count). The lowest BCUT2D eigenvalue weighted by Gasteiger charge is -2.18. The Hall–Kier alpha value is -2.24. The Kier molecular flexibility index (Phi) is 5.84. The smallest absolute Gasteiger partial charge is 0.327 e. The van der Waals surface area contributed by atoms with E-state index in [1.165, 1.54) is 19.2 Å². The number of carbonyl (C=O) groups excluding carboxylic acids is 1. The summed E-state index contributed by atoms with van der Waals surface area (Å²) < 4.78 is 10.1. The van der Waals surface area contributed by atoms with E-state index in [2.05, 4.69) is 5.32 Å². The van der Waals surface area contributed by atoms with Crippen molar-refractivity contribution in [2.75, 3.05) is 14.2 Å². The molecule has 0 aromatic heterocycles. The summed E-state index contributed by atoms with van der Waals surface area (Å²) in [5, 5.41) is 13.2. The summed E-state index contributed by atoms with van der Waals surface area (Å²) in [6.07, 6.45) is 0.